The molecule has 0 saturated heterocycles. The van der Waals surface area contributed by atoms with Gasteiger partial charge in [0.1, 0.15) is 0 Å². The summed E-state index contributed by atoms with van der Waals surface area (Å²) >= 11 is 7.66. The predicted molar refractivity (Wildman–Crippen MR) is 90.2 cm³/mol. The van der Waals surface area contributed by atoms with E-state index in [4.69, 9.17) is 11.6 Å². The number of nitrogens with one attached hydrogen (secondary N) is 2. The molecule has 1 heterocycles. The van der Waals surface area contributed by atoms with E-state index < -0.39 is 0 Å². The second-order valence-corrected chi connectivity index (χ2v) is 6.33. The summed E-state index contributed by atoms with van der Waals surface area (Å²) in [5.74, 6) is 0.795. The van der Waals surface area contributed by atoms with Crippen LogP contribution in [0.25, 0.3) is 0 Å². The lowest BCUT2D eigenvalue weighted by atomic mass is 10.1. The van der Waals surface area contributed by atoms with Gasteiger partial charge >= 0.3 is 0 Å². The first-order valence-corrected chi connectivity index (χ1v) is 7.97. The van der Waals surface area contributed by atoms with Gasteiger partial charge in [-0.3, -0.25) is 4.99 Å². The number of rotatable bonds is 5. The van der Waals surface area contributed by atoms with Crippen molar-refractivity contribution < 1.29 is 0 Å². The zero-order valence-electron chi connectivity index (χ0n) is 12.2. The lowest BCUT2D eigenvalue weighted by Crippen LogP contribution is -2.37. The molecule has 112 valence electrons. The van der Waals surface area contributed by atoms with E-state index in [0.29, 0.717) is 0 Å². The fraction of sp³-hybridized carbons (Fsp3) is 0.333. The Morgan fingerprint density at radius 3 is 2.90 bits per heavy atom. The highest BCUT2D eigenvalue weighted by molar-refractivity contribution is 7.11. The lowest BCUT2D eigenvalue weighted by molar-refractivity contribution is 0.799. The van der Waals surface area contributed by atoms with Crippen molar-refractivity contribution in [2.45, 2.75) is 19.9 Å². The van der Waals surface area contributed by atoms with E-state index in [-0.39, 0.29) is 0 Å². The van der Waals surface area contributed by atoms with Crippen LogP contribution in [-0.2, 0) is 13.0 Å². The minimum atomic E-state index is 0.738. The topological polar surface area (TPSA) is 49.3 Å². The van der Waals surface area contributed by atoms with E-state index in [1.54, 1.807) is 18.4 Å². The monoisotopic (exact) mass is 322 g/mol. The molecular formula is C15H19ClN4S. The fourth-order valence-corrected chi connectivity index (χ4v) is 2.84. The zero-order chi connectivity index (χ0) is 15.1. The summed E-state index contributed by atoms with van der Waals surface area (Å²) in [5, 5.41) is 8.43. The Morgan fingerprint density at radius 2 is 2.24 bits per heavy atom. The number of guanidine groups is 1. The maximum Gasteiger partial charge on any atom is 0.191 e. The molecule has 1 aromatic carbocycles. The summed E-state index contributed by atoms with van der Waals surface area (Å²) in [4.78, 5) is 9.65. The van der Waals surface area contributed by atoms with Gasteiger partial charge in [-0.2, -0.15) is 0 Å². The molecule has 6 heteroatoms. The molecule has 2 rings (SSSR count). The average Bonchev–Trinajstić information content (AvgIpc) is 2.88. The molecule has 0 spiro atoms. The summed E-state index contributed by atoms with van der Waals surface area (Å²) in [6.07, 6.45) is 2.80. The largest absolute Gasteiger partial charge is 0.356 e. The Kier molecular flexibility index (Phi) is 6.02. The molecule has 0 amide bonds. The van der Waals surface area contributed by atoms with Gasteiger partial charge in [-0.1, -0.05) is 23.7 Å². The number of thiazole rings is 1. The molecule has 2 aromatic rings. The molecule has 0 saturated carbocycles. The standard InChI is InChI=1S/C15H19ClN4S/c1-11-19-9-14(21-11)10-20-15(17-2)18-7-6-12-4-3-5-13(16)8-12/h3-5,8-9H,6-7,10H2,1-2H3,(H2,17,18,20). The van der Waals surface area contributed by atoms with Gasteiger partial charge in [0, 0.05) is 29.7 Å². The lowest BCUT2D eigenvalue weighted by Gasteiger charge is -2.11. The van der Waals surface area contributed by atoms with Crippen molar-refractivity contribution >= 4 is 28.9 Å². The van der Waals surface area contributed by atoms with Crippen LogP contribution in [0.15, 0.2) is 35.5 Å². The van der Waals surface area contributed by atoms with Crippen LogP contribution in [0, 0.1) is 6.92 Å². The van der Waals surface area contributed by atoms with Crippen LogP contribution >= 0.6 is 22.9 Å². The van der Waals surface area contributed by atoms with E-state index >= 15 is 0 Å². The van der Waals surface area contributed by atoms with Crippen LogP contribution in [0.4, 0.5) is 0 Å². The number of halogens is 1. The normalized spacial score (nSPS) is 11.5. The summed E-state index contributed by atoms with van der Waals surface area (Å²) < 4.78 is 0. The Bertz CT molecular complexity index is 609. The molecule has 1 aromatic heterocycles. The second-order valence-electron chi connectivity index (χ2n) is 4.58. The van der Waals surface area contributed by atoms with E-state index in [9.17, 15) is 0 Å². The third kappa shape index (κ3) is 5.36. The Balaban J connectivity index is 1.75. The number of hydrogen-bond donors (Lipinski definition) is 2. The molecule has 2 N–H and O–H groups in total. The highest BCUT2D eigenvalue weighted by Crippen LogP contribution is 2.11. The maximum atomic E-state index is 5.97. The first-order chi connectivity index (χ1) is 10.2. The van der Waals surface area contributed by atoms with Crippen LogP contribution in [0.3, 0.4) is 0 Å². The van der Waals surface area contributed by atoms with Crippen molar-refractivity contribution in [1.29, 1.82) is 0 Å². The smallest absolute Gasteiger partial charge is 0.191 e. The van der Waals surface area contributed by atoms with Gasteiger partial charge in [-0.05, 0) is 31.0 Å². The first-order valence-electron chi connectivity index (χ1n) is 6.77. The number of nitrogens with zero attached hydrogens (tertiary/aromatic N) is 2. The minimum Gasteiger partial charge on any atom is -0.356 e. The van der Waals surface area contributed by atoms with Gasteiger partial charge in [0.25, 0.3) is 0 Å². The molecule has 0 aliphatic heterocycles. The summed E-state index contributed by atoms with van der Waals surface area (Å²) in [5.41, 5.74) is 1.21. The quantitative estimate of drug-likeness (QED) is 0.657. The van der Waals surface area contributed by atoms with Gasteiger partial charge in [0.15, 0.2) is 5.96 Å². The van der Waals surface area contributed by atoms with Crippen LogP contribution in [0.2, 0.25) is 5.02 Å². The minimum absolute atomic E-state index is 0.738. The Morgan fingerprint density at radius 1 is 1.38 bits per heavy atom. The van der Waals surface area contributed by atoms with E-state index in [1.807, 2.05) is 31.3 Å². The average molecular weight is 323 g/mol. The number of aryl methyl sites for hydroxylation is 1. The fourth-order valence-electron chi connectivity index (χ4n) is 1.90. The van der Waals surface area contributed by atoms with Gasteiger partial charge in [0.05, 0.1) is 11.6 Å². The van der Waals surface area contributed by atoms with Crippen LogP contribution in [0.1, 0.15) is 15.4 Å². The molecular weight excluding hydrogens is 304 g/mol. The predicted octanol–water partition coefficient (Wildman–Crippen LogP) is 3.01. The first kappa shape index (κ1) is 15.8. The van der Waals surface area contributed by atoms with Gasteiger partial charge < -0.3 is 10.6 Å². The Labute approximate surface area is 134 Å². The summed E-state index contributed by atoms with van der Waals surface area (Å²) in [7, 11) is 1.77. The molecule has 0 aliphatic rings. The van der Waals surface area contributed by atoms with Crippen molar-refractivity contribution in [2.75, 3.05) is 13.6 Å². The van der Waals surface area contributed by atoms with Crippen molar-refractivity contribution in [3.05, 3.63) is 50.9 Å². The van der Waals surface area contributed by atoms with Crippen LogP contribution in [-0.4, -0.2) is 24.5 Å². The van der Waals surface area contributed by atoms with Crippen molar-refractivity contribution in [3.8, 4) is 0 Å². The van der Waals surface area contributed by atoms with Gasteiger partial charge in [-0.25, -0.2) is 4.98 Å². The summed E-state index contributed by atoms with van der Waals surface area (Å²) in [6.45, 7) is 3.55. The van der Waals surface area contributed by atoms with Crippen molar-refractivity contribution in [1.82, 2.24) is 15.6 Å². The Hall–Kier alpha value is -1.59. The summed E-state index contributed by atoms with van der Waals surface area (Å²) in [6, 6.07) is 7.91. The van der Waals surface area contributed by atoms with Crippen LogP contribution < -0.4 is 10.6 Å². The number of aliphatic imine (C=N–C) groups is 1. The van der Waals surface area contributed by atoms with Crippen LogP contribution in [0.5, 0.6) is 0 Å². The van der Waals surface area contributed by atoms with Gasteiger partial charge in [0.2, 0.25) is 0 Å². The third-order valence-electron chi connectivity index (χ3n) is 2.92. The second kappa shape index (κ2) is 8.00. The molecule has 0 radical (unpaired) electrons. The maximum absolute atomic E-state index is 5.97. The number of aromatic nitrogens is 1. The van der Waals surface area contributed by atoms with Crippen molar-refractivity contribution in [2.24, 2.45) is 4.99 Å². The molecule has 4 nitrogen and oxygen atoms in total. The molecule has 0 unspecified atom stereocenters. The van der Waals surface area contributed by atoms with E-state index in [1.165, 1.54) is 10.4 Å². The SMILES string of the molecule is CN=C(NCCc1cccc(Cl)c1)NCc1cnc(C)s1. The molecule has 0 fully saturated rings. The van der Waals surface area contributed by atoms with Gasteiger partial charge in [-0.15, -0.1) is 11.3 Å². The highest BCUT2D eigenvalue weighted by Gasteiger charge is 2.01. The van der Waals surface area contributed by atoms with Crippen molar-refractivity contribution in [3.63, 3.8) is 0 Å². The zero-order valence-corrected chi connectivity index (χ0v) is 13.8. The van der Waals surface area contributed by atoms with E-state index in [0.717, 1.165) is 35.5 Å². The number of benzene rings is 1. The molecule has 21 heavy (non-hydrogen) atoms. The third-order valence-corrected chi connectivity index (χ3v) is 4.07. The van der Waals surface area contributed by atoms with E-state index in [2.05, 4.69) is 26.7 Å². The number of hydrogen-bond acceptors (Lipinski definition) is 3. The highest BCUT2D eigenvalue weighted by atomic mass is 35.5. The molecule has 0 aliphatic carbocycles. The molecule has 0 atom stereocenters. The molecule has 0 bridgehead atoms.